The van der Waals surface area contributed by atoms with Crippen LogP contribution in [0.5, 0.6) is 5.75 Å². The largest absolute Gasteiger partial charge is 0.480 e. The van der Waals surface area contributed by atoms with Crippen LogP contribution in [0.3, 0.4) is 0 Å². The minimum atomic E-state index is -3.48. The summed E-state index contributed by atoms with van der Waals surface area (Å²) in [6, 6.07) is 12.5. The second kappa shape index (κ2) is 7.08. The zero-order chi connectivity index (χ0) is 20.0. The van der Waals surface area contributed by atoms with Crippen LogP contribution in [0.1, 0.15) is 18.4 Å². The highest BCUT2D eigenvalue weighted by molar-refractivity contribution is 7.89. The van der Waals surface area contributed by atoms with Crippen molar-refractivity contribution in [1.82, 2.24) is 9.29 Å². The fourth-order valence-electron chi connectivity index (χ4n) is 3.71. The number of para-hydroxylation sites is 1. The zero-order valence-corrected chi connectivity index (χ0v) is 17.1. The smallest absolute Gasteiger partial charge is 0.267 e. The predicted molar refractivity (Wildman–Crippen MR) is 111 cm³/mol. The van der Waals surface area contributed by atoms with E-state index in [1.165, 1.54) is 15.6 Å². The van der Waals surface area contributed by atoms with E-state index in [-0.39, 0.29) is 10.8 Å². The van der Waals surface area contributed by atoms with Crippen molar-refractivity contribution in [2.45, 2.75) is 30.3 Å². The Balaban J connectivity index is 1.35. The summed E-state index contributed by atoms with van der Waals surface area (Å²) in [5, 5.41) is 3.24. The molecule has 150 valence electrons. The summed E-state index contributed by atoms with van der Waals surface area (Å²) in [7, 11) is -3.48. The van der Waals surface area contributed by atoms with E-state index >= 15 is 0 Å². The van der Waals surface area contributed by atoms with Gasteiger partial charge >= 0.3 is 0 Å². The second-order valence-electron chi connectivity index (χ2n) is 7.17. The summed E-state index contributed by atoms with van der Waals surface area (Å²) in [5.74, 6) is 0.471. The van der Waals surface area contributed by atoms with Crippen LogP contribution in [0, 0.1) is 0 Å². The van der Waals surface area contributed by atoms with Crippen molar-refractivity contribution in [2.75, 3.05) is 18.4 Å². The molecular formula is C20H19N3O4S2. The highest BCUT2D eigenvalue weighted by atomic mass is 32.2. The van der Waals surface area contributed by atoms with Gasteiger partial charge in [0.15, 0.2) is 11.2 Å². The number of anilines is 1. The van der Waals surface area contributed by atoms with Crippen molar-refractivity contribution in [3.05, 3.63) is 48.0 Å². The van der Waals surface area contributed by atoms with Gasteiger partial charge in [0.1, 0.15) is 5.75 Å². The van der Waals surface area contributed by atoms with Crippen molar-refractivity contribution in [2.24, 2.45) is 0 Å². The van der Waals surface area contributed by atoms with Gasteiger partial charge in [0.25, 0.3) is 5.91 Å². The number of fused-ring (bicyclic) bond motifs is 2. The average molecular weight is 430 g/mol. The number of carbonyl (C=O) groups is 1. The van der Waals surface area contributed by atoms with Crippen LogP contribution in [-0.2, 0) is 21.2 Å². The normalized spacial score (nSPS) is 19.2. The fraction of sp³-hybridized carbons (Fsp3) is 0.300. The Bertz CT molecular complexity index is 1170. The SMILES string of the molecule is O=C(Nc1nc2ccc(S(=O)(=O)N3CCCC3)cc2s1)[C@@H]1Cc2ccccc2O1. The molecular weight excluding hydrogens is 410 g/mol. The van der Waals surface area contributed by atoms with Crippen LogP contribution < -0.4 is 10.1 Å². The van der Waals surface area contributed by atoms with E-state index in [4.69, 9.17) is 4.74 Å². The number of benzene rings is 2. The van der Waals surface area contributed by atoms with Gasteiger partial charge in [-0.05, 0) is 42.7 Å². The van der Waals surface area contributed by atoms with E-state index in [0.29, 0.717) is 30.2 Å². The monoisotopic (exact) mass is 429 g/mol. The maximum absolute atomic E-state index is 12.8. The van der Waals surface area contributed by atoms with Crippen molar-refractivity contribution in [3.8, 4) is 5.75 Å². The number of thiazole rings is 1. The van der Waals surface area contributed by atoms with Gasteiger partial charge in [0, 0.05) is 19.5 Å². The van der Waals surface area contributed by atoms with Crippen LogP contribution >= 0.6 is 11.3 Å². The average Bonchev–Trinajstić information content (AvgIpc) is 3.45. The molecule has 7 nitrogen and oxygen atoms in total. The van der Waals surface area contributed by atoms with E-state index < -0.39 is 16.1 Å². The molecule has 0 radical (unpaired) electrons. The molecule has 1 atom stereocenters. The molecule has 1 aromatic heterocycles. The van der Waals surface area contributed by atoms with Crippen molar-refractivity contribution in [3.63, 3.8) is 0 Å². The first kappa shape index (κ1) is 18.5. The number of hydrogen-bond acceptors (Lipinski definition) is 6. The number of ether oxygens (including phenoxy) is 1. The summed E-state index contributed by atoms with van der Waals surface area (Å²) in [6.45, 7) is 1.13. The van der Waals surface area contributed by atoms with Crippen LogP contribution in [0.4, 0.5) is 5.13 Å². The maximum Gasteiger partial charge on any atom is 0.267 e. The van der Waals surface area contributed by atoms with Crippen LogP contribution in [0.25, 0.3) is 10.2 Å². The number of sulfonamides is 1. The van der Waals surface area contributed by atoms with E-state index in [2.05, 4.69) is 10.3 Å². The van der Waals surface area contributed by atoms with Gasteiger partial charge in [-0.3, -0.25) is 10.1 Å². The Morgan fingerprint density at radius 1 is 1.17 bits per heavy atom. The first-order valence-electron chi connectivity index (χ1n) is 9.47. The van der Waals surface area contributed by atoms with E-state index in [9.17, 15) is 13.2 Å². The standard InChI is InChI=1S/C20H19N3O4S2/c24-19(17-11-13-5-1-2-6-16(13)27-17)22-20-21-15-8-7-14(12-18(15)28-20)29(25,26)23-9-3-4-10-23/h1-2,5-8,12,17H,3-4,9-11H2,(H,21,22,24)/t17-/m0/s1. The summed E-state index contributed by atoms with van der Waals surface area (Å²) in [6.07, 6.45) is 1.72. The summed E-state index contributed by atoms with van der Waals surface area (Å²) in [5.41, 5.74) is 1.66. The van der Waals surface area contributed by atoms with Gasteiger partial charge in [-0.25, -0.2) is 13.4 Å². The molecule has 2 aromatic carbocycles. The summed E-state index contributed by atoms with van der Waals surface area (Å²) in [4.78, 5) is 17.3. The Morgan fingerprint density at radius 2 is 1.97 bits per heavy atom. The first-order chi connectivity index (χ1) is 14.0. The molecule has 0 saturated carbocycles. The molecule has 2 aliphatic rings. The lowest BCUT2D eigenvalue weighted by Gasteiger charge is -2.15. The Hall–Kier alpha value is -2.49. The minimum absolute atomic E-state index is 0.259. The number of amides is 1. The minimum Gasteiger partial charge on any atom is -0.480 e. The Morgan fingerprint density at radius 3 is 2.76 bits per heavy atom. The lowest BCUT2D eigenvalue weighted by atomic mass is 10.1. The van der Waals surface area contributed by atoms with Gasteiger partial charge in [0.05, 0.1) is 15.1 Å². The van der Waals surface area contributed by atoms with Gasteiger partial charge in [-0.2, -0.15) is 4.31 Å². The molecule has 0 bridgehead atoms. The van der Waals surface area contributed by atoms with E-state index in [1.807, 2.05) is 24.3 Å². The molecule has 0 spiro atoms. The number of carbonyl (C=O) groups excluding carboxylic acids is 1. The van der Waals surface area contributed by atoms with Crippen molar-refractivity contribution in [1.29, 1.82) is 0 Å². The molecule has 1 amide bonds. The highest BCUT2D eigenvalue weighted by Crippen LogP contribution is 2.32. The van der Waals surface area contributed by atoms with Gasteiger partial charge < -0.3 is 4.74 Å². The molecule has 0 aliphatic carbocycles. The quantitative estimate of drug-likeness (QED) is 0.689. The third kappa shape index (κ3) is 3.39. The van der Waals surface area contributed by atoms with Crippen LogP contribution in [0.15, 0.2) is 47.4 Å². The maximum atomic E-state index is 12.8. The molecule has 3 heterocycles. The van der Waals surface area contributed by atoms with Gasteiger partial charge in [0.2, 0.25) is 10.0 Å². The van der Waals surface area contributed by atoms with E-state index in [1.54, 1.807) is 18.2 Å². The van der Waals surface area contributed by atoms with E-state index in [0.717, 1.165) is 28.9 Å². The number of nitrogens with zero attached hydrogens (tertiary/aromatic N) is 2. The van der Waals surface area contributed by atoms with Gasteiger partial charge in [-0.1, -0.05) is 29.5 Å². The topological polar surface area (TPSA) is 88.6 Å². The molecule has 1 saturated heterocycles. The molecule has 29 heavy (non-hydrogen) atoms. The molecule has 3 aromatic rings. The second-order valence-corrected chi connectivity index (χ2v) is 10.1. The van der Waals surface area contributed by atoms with Crippen molar-refractivity contribution >= 4 is 42.6 Å². The number of rotatable bonds is 4. The Labute approximate surface area is 172 Å². The predicted octanol–water partition coefficient (Wildman–Crippen LogP) is 3.02. The molecule has 2 aliphatic heterocycles. The summed E-state index contributed by atoms with van der Waals surface area (Å²) < 4.78 is 33.5. The molecule has 1 fully saturated rings. The molecule has 1 N–H and O–H groups in total. The lowest BCUT2D eigenvalue weighted by Crippen LogP contribution is -2.31. The third-order valence-electron chi connectivity index (χ3n) is 5.23. The van der Waals surface area contributed by atoms with Crippen LogP contribution in [0.2, 0.25) is 0 Å². The van der Waals surface area contributed by atoms with Crippen LogP contribution in [-0.4, -0.2) is 42.8 Å². The fourth-order valence-corrected chi connectivity index (χ4v) is 6.24. The third-order valence-corrected chi connectivity index (χ3v) is 8.06. The molecule has 5 rings (SSSR count). The van der Waals surface area contributed by atoms with Crippen molar-refractivity contribution < 1.29 is 17.9 Å². The van der Waals surface area contributed by atoms with Gasteiger partial charge in [-0.15, -0.1) is 0 Å². The zero-order valence-electron chi connectivity index (χ0n) is 15.5. The highest BCUT2D eigenvalue weighted by Gasteiger charge is 2.30. The molecule has 0 unspecified atom stereocenters. The summed E-state index contributed by atoms with van der Waals surface area (Å²) >= 11 is 1.26. The molecule has 9 heteroatoms. The Kier molecular flexibility index (Phi) is 4.53. The number of aromatic nitrogens is 1. The lowest BCUT2D eigenvalue weighted by molar-refractivity contribution is -0.122. The first-order valence-corrected chi connectivity index (χ1v) is 11.7. The number of nitrogens with one attached hydrogen (secondary N) is 1. The number of hydrogen-bond donors (Lipinski definition) is 1.